The van der Waals surface area contributed by atoms with Gasteiger partial charge in [-0.2, -0.15) is 0 Å². The van der Waals surface area contributed by atoms with Crippen molar-refractivity contribution in [1.82, 2.24) is 15.6 Å². The van der Waals surface area contributed by atoms with Gasteiger partial charge in [-0.15, -0.1) is 24.0 Å². The Bertz CT molecular complexity index is 681. The van der Waals surface area contributed by atoms with Gasteiger partial charge in [-0.1, -0.05) is 12.1 Å². The van der Waals surface area contributed by atoms with E-state index in [1.807, 2.05) is 20.8 Å². The topological polar surface area (TPSA) is 83.7 Å². The first-order chi connectivity index (χ1) is 12.6. The van der Waals surface area contributed by atoms with Gasteiger partial charge in [0.05, 0.1) is 25.4 Å². The van der Waals surface area contributed by atoms with E-state index in [2.05, 4.69) is 50.2 Å². The lowest BCUT2D eigenvalue weighted by molar-refractivity contribution is 0.211. The molecule has 0 atom stereocenters. The molecule has 0 amide bonds. The molecule has 8 heteroatoms. The highest BCUT2D eigenvalue weighted by molar-refractivity contribution is 14.0. The number of aryl methyl sites for hydroxylation is 2. The molecule has 0 aliphatic rings. The van der Waals surface area contributed by atoms with Gasteiger partial charge in [0, 0.05) is 25.9 Å². The minimum absolute atomic E-state index is 0. The number of hydrogen-bond donors (Lipinski definition) is 3. The summed E-state index contributed by atoms with van der Waals surface area (Å²) in [6, 6.07) is 8.25. The zero-order valence-electron chi connectivity index (χ0n) is 16.5. The van der Waals surface area contributed by atoms with Crippen LogP contribution in [0.2, 0.25) is 0 Å². The Morgan fingerprint density at radius 2 is 1.93 bits per heavy atom. The second kappa shape index (κ2) is 12.6. The van der Waals surface area contributed by atoms with Crippen LogP contribution in [-0.4, -0.2) is 37.7 Å². The quantitative estimate of drug-likeness (QED) is 0.218. The van der Waals surface area contributed by atoms with Gasteiger partial charge in [0.1, 0.15) is 5.76 Å². The molecule has 1 heterocycles. The average Bonchev–Trinajstić information content (AvgIpc) is 2.96. The second-order valence-corrected chi connectivity index (χ2v) is 5.91. The molecule has 0 bridgehead atoms. The molecule has 0 aliphatic heterocycles. The number of methoxy groups -OCH3 is 1. The number of nitrogens with zero attached hydrogens (tertiary/aromatic N) is 2. The Balaban J connectivity index is 0.00000364. The number of aromatic nitrogens is 1. The van der Waals surface area contributed by atoms with Gasteiger partial charge in [-0.05, 0) is 38.5 Å². The molecule has 0 fully saturated rings. The van der Waals surface area contributed by atoms with Crippen LogP contribution >= 0.6 is 24.0 Å². The fraction of sp³-hybridized carbons (Fsp3) is 0.474. The van der Waals surface area contributed by atoms with E-state index in [1.165, 1.54) is 0 Å². The van der Waals surface area contributed by atoms with Crippen molar-refractivity contribution in [3.05, 3.63) is 47.2 Å². The number of ether oxygens (including phenoxy) is 1. The summed E-state index contributed by atoms with van der Waals surface area (Å²) < 4.78 is 10.6. The van der Waals surface area contributed by atoms with Crippen molar-refractivity contribution in [2.75, 3.05) is 32.1 Å². The van der Waals surface area contributed by atoms with Crippen molar-refractivity contribution in [3.63, 3.8) is 0 Å². The van der Waals surface area contributed by atoms with Gasteiger partial charge in [0.2, 0.25) is 5.89 Å². The number of halogens is 1. The fourth-order valence-corrected chi connectivity index (χ4v) is 2.31. The van der Waals surface area contributed by atoms with Crippen molar-refractivity contribution < 1.29 is 9.15 Å². The summed E-state index contributed by atoms with van der Waals surface area (Å²) in [4.78, 5) is 8.99. The first-order valence-electron chi connectivity index (χ1n) is 8.89. The highest BCUT2D eigenvalue weighted by atomic mass is 127. The van der Waals surface area contributed by atoms with Crippen molar-refractivity contribution >= 4 is 35.6 Å². The maximum Gasteiger partial charge on any atom is 0.214 e. The standard InChI is InChI=1S/C19H29N5O2.HI/c1-5-20-19(23-13-18-24-14(2)15(3)26-18)22-12-16-6-8-17(9-7-16)21-10-11-25-4;/h6-9,21H,5,10-13H2,1-4H3,(H2,20,22,23);1H. The van der Waals surface area contributed by atoms with Gasteiger partial charge in [-0.25, -0.2) is 9.98 Å². The van der Waals surface area contributed by atoms with E-state index in [0.29, 0.717) is 25.6 Å². The SMILES string of the molecule is CCNC(=NCc1ccc(NCCOC)cc1)NCc1nc(C)c(C)o1.I. The molecular formula is C19H30IN5O2. The molecule has 0 spiro atoms. The molecule has 1 aromatic carbocycles. The number of anilines is 1. The largest absolute Gasteiger partial charge is 0.444 e. The van der Waals surface area contributed by atoms with E-state index in [9.17, 15) is 0 Å². The minimum Gasteiger partial charge on any atom is -0.444 e. The van der Waals surface area contributed by atoms with E-state index in [-0.39, 0.29) is 24.0 Å². The lowest BCUT2D eigenvalue weighted by Crippen LogP contribution is -2.36. The fourth-order valence-electron chi connectivity index (χ4n) is 2.31. The van der Waals surface area contributed by atoms with E-state index < -0.39 is 0 Å². The van der Waals surface area contributed by atoms with Crippen LogP contribution in [0.4, 0.5) is 5.69 Å². The van der Waals surface area contributed by atoms with Crippen LogP contribution in [0.3, 0.4) is 0 Å². The second-order valence-electron chi connectivity index (χ2n) is 5.91. The Morgan fingerprint density at radius 3 is 2.52 bits per heavy atom. The molecule has 2 aromatic rings. The number of rotatable bonds is 9. The molecule has 150 valence electrons. The van der Waals surface area contributed by atoms with Crippen LogP contribution in [-0.2, 0) is 17.8 Å². The van der Waals surface area contributed by atoms with E-state index in [0.717, 1.165) is 41.8 Å². The van der Waals surface area contributed by atoms with Gasteiger partial charge in [0.25, 0.3) is 0 Å². The van der Waals surface area contributed by atoms with Gasteiger partial charge in [-0.3, -0.25) is 0 Å². The molecule has 0 saturated carbocycles. The normalized spacial score (nSPS) is 11.0. The number of hydrogen-bond acceptors (Lipinski definition) is 5. The number of aliphatic imine (C=N–C) groups is 1. The molecule has 0 aliphatic carbocycles. The Kier molecular flexibility index (Phi) is 10.8. The summed E-state index contributed by atoms with van der Waals surface area (Å²) >= 11 is 0. The highest BCUT2D eigenvalue weighted by Crippen LogP contribution is 2.10. The molecule has 0 saturated heterocycles. The van der Waals surface area contributed by atoms with Crippen molar-refractivity contribution in [2.24, 2.45) is 4.99 Å². The first kappa shape index (κ1) is 23.2. The molecule has 3 N–H and O–H groups in total. The van der Waals surface area contributed by atoms with Crippen molar-refractivity contribution in [2.45, 2.75) is 33.9 Å². The van der Waals surface area contributed by atoms with Gasteiger partial charge in [0.15, 0.2) is 5.96 Å². The Hall–Kier alpha value is -1.81. The van der Waals surface area contributed by atoms with E-state index in [1.54, 1.807) is 7.11 Å². The van der Waals surface area contributed by atoms with Crippen LogP contribution < -0.4 is 16.0 Å². The molecule has 2 rings (SSSR count). The summed E-state index contributed by atoms with van der Waals surface area (Å²) in [6.07, 6.45) is 0. The third-order valence-electron chi connectivity index (χ3n) is 3.83. The van der Waals surface area contributed by atoms with Crippen LogP contribution in [0.25, 0.3) is 0 Å². The van der Waals surface area contributed by atoms with Crippen molar-refractivity contribution in [1.29, 1.82) is 0 Å². The minimum atomic E-state index is 0. The van der Waals surface area contributed by atoms with E-state index in [4.69, 9.17) is 9.15 Å². The summed E-state index contributed by atoms with van der Waals surface area (Å²) in [7, 11) is 1.70. The van der Waals surface area contributed by atoms with Crippen molar-refractivity contribution in [3.8, 4) is 0 Å². The summed E-state index contributed by atoms with van der Waals surface area (Å²) in [5, 5.41) is 9.78. The maximum atomic E-state index is 5.59. The lowest BCUT2D eigenvalue weighted by Gasteiger charge is -2.10. The zero-order chi connectivity index (χ0) is 18.8. The number of oxazole rings is 1. The van der Waals surface area contributed by atoms with Gasteiger partial charge >= 0.3 is 0 Å². The first-order valence-corrected chi connectivity index (χ1v) is 8.89. The molecule has 1 aromatic heterocycles. The third kappa shape index (κ3) is 8.17. The summed E-state index contributed by atoms with van der Waals surface area (Å²) in [5.41, 5.74) is 3.14. The third-order valence-corrected chi connectivity index (χ3v) is 3.83. The average molecular weight is 487 g/mol. The smallest absolute Gasteiger partial charge is 0.214 e. The highest BCUT2D eigenvalue weighted by Gasteiger charge is 2.06. The van der Waals surface area contributed by atoms with Crippen LogP contribution in [0.1, 0.15) is 29.8 Å². The number of benzene rings is 1. The molecule has 27 heavy (non-hydrogen) atoms. The zero-order valence-corrected chi connectivity index (χ0v) is 18.8. The maximum absolute atomic E-state index is 5.59. The monoisotopic (exact) mass is 487 g/mol. The lowest BCUT2D eigenvalue weighted by atomic mass is 10.2. The predicted octanol–water partition coefficient (Wildman–Crippen LogP) is 3.22. The predicted molar refractivity (Wildman–Crippen MR) is 120 cm³/mol. The molecule has 7 nitrogen and oxygen atoms in total. The van der Waals surface area contributed by atoms with Crippen LogP contribution in [0.5, 0.6) is 0 Å². The van der Waals surface area contributed by atoms with Gasteiger partial charge < -0.3 is 25.1 Å². The Labute approximate surface area is 178 Å². The summed E-state index contributed by atoms with van der Waals surface area (Å²) in [5.74, 6) is 2.25. The summed E-state index contributed by atoms with van der Waals surface area (Å²) in [6.45, 7) is 9.26. The van der Waals surface area contributed by atoms with Crippen LogP contribution in [0.15, 0.2) is 33.7 Å². The Morgan fingerprint density at radius 1 is 1.19 bits per heavy atom. The van der Waals surface area contributed by atoms with Crippen LogP contribution in [0, 0.1) is 13.8 Å². The molecule has 0 unspecified atom stereocenters. The number of guanidine groups is 1. The van der Waals surface area contributed by atoms with E-state index >= 15 is 0 Å². The molecular weight excluding hydrogens is 457 g/mol. The number of nitrogens with one attached hydrogen (secondary N) is 3. The molecule has 0 radical (unpaired) electrons.